The second-order valence-electron chi connectivity index (χ2n) is 5.61. The van der Waals surface area contributed by atoms with Crippen LogP contribution < -0.4 is 4.90 Å². The molecule has 0 spiro atoms. The predicted molar refractivity (Wildman–Crippen MR) is 82.6 cm³/mol. The summed E-state index contributed by atoms with van der Waals surface area (Å²) in [4.78, 5) is 14.4. The fourth-order valence-electron chi connectivity index (χ4n) is 3.35. The zero-order valence-electron chi connectivity index (χ0n) is 11.2. The standard InChI is InChI=1S/C17H15NOS/c1-16-12-20-17(16,13-8-4-2-5-9-13)18(15(16)19)14-10-6-3-7-11-14/h2-11H,12H2,1H3. The van der Waals surface area contributed by atoms with Crippen LogP contribution in [0.15, 0.2) is 60.7 Å². The van der Waals surface area contributed by atoms with E-state index in [0.29, 0.717) is 0 Å². The third-order valence-corrected chi connectivity index (χ3v) is 6.50. The molecule has 2 aliphatic rings. The van der Waals surface area contributed by atoms with E-state index >= 15 is 0 Å². The van der Waals surface area contributed by atoms with E-state index in [1.165, 1.54) is 5.56 Å². The zero-order valence-corrected chi connectivity index (χ0v) is 12.1. The Kier molecular flexibility index (Phi) is 2.34. The van der Waals surface area contributed by atoms with Gasteiger partial charge in [0.05, 0.1) is 5.41 Å². The SMILES string of the molecule is CC12CSC1(c1ccccc1)N(c1ccccc1)C2=O. The molecule has 1 amide bonds. The van der Waals surface area contributed by atoms with E-state index in [0.717, 1.165) is 11.4 Å². The molecule has 0 radical (unpaired) electrons. The van der Waals surface area contributed by atoms with Gasteiger partial charge in [-0.25, -0.2) is 0 Å². The first-order chi connectivity index (χ1) is 9.70. The third-order valence-electron chi connectivity index (χ3n) is 4.49. The maximum absolute atomic E-state index is 12.6. The first kappa shape index (κ1) is 12.0. The summed E-state index contributed by atoms with van der Waals surface area (Å²) in [5.74, 6) is 1.15. The van der Waals surface area contributed by atoms with Gasteiger partial charge in [0, 0.05) is 11.4 Å². The van der Waals surface area contributed by atoms with Crippen LogP contribution in [-0.2, 0) is 9.67 Å². The number of benzene rings is 2. The number of rotatable bonds is 2. The van der Waals surface area contributed by atoms with Crippen LogP contribution in [0.1, 0.15) is 12.5 Å². The van der Waals surface area contributed by atoms with Gasteiger partial charge in [-0.1, -0.05) is 48.5 Å². The Morgan fingerprint density at radius 2 is 1.60 bits per heavy atom. The Morgan fingerprint density at radius 1 is 1.00 bits per heavy atom. The molecule has 100 valence electrons. The van der Waals surface area contributed by atoms with Crippen LogP contribution in [-0.4, -0.2) is 11.7 Å². The van der Waals surface area contributed by atoms with Gasteiger partial charge in [-0.15, -0.1) is 11.8 Å². The maximum atomic E-state index is 12.6. The minimum absolute atomic E-state index is 0.216. The number of hydrogen-bond acceptors (Lipinski definition) is 2. The summed E-state index contributed by atoms with van der Waals surface area (Å²) < 4.78 is 0. The van der Waals surface area contributed by atoms with Gasteiger partial charge in [-0.2, -0.15) is 0 Å². The van der Waals surface area contributed by atoms with Crippen molar-refractivity contribution < 1.29 is 4.79 Å². The van der Waals surface area contributed by atoms with Crippen LogP contribution in [0.2, 0.25) is 0 Å². The number of carbonyl (C=O) groups excluding carboxylic acids is 1. The van der Waals surface area contributed by atoms with Crippen LogP contribution in [0.3, 0.4) is 0 Å². The molecular formula is C17H15NOS. The topological polar surface area (TPSA) is 20.3 Å². The van der Waals surface area contributed by atoms with Crippen molar-refractivity contribution in [3.8, 4) is 0 Å². The molecule has 2 aromatic rings. The molecule has 2 atom stereocenters. The number of β-lactam (4-membered cyclic amide) rings is 1. The van der Waals surface area contributed by atoms with Crippen molar-refractivity contribution in [1.82, 2.24) is 0 Å². The zero-order chi connectivity index (χ0) is 13.8. The summed E-state index contributed by atoms with van der Waals surface area (Å²) in [5, 5.41) is 0. The van der Waals surface area contributed by atoms with E-state index in [1.54, 1.807) is 0 Å². The van der Waals surface area contributed by atoms with Crippen LogP contribution in [0, 0.1) is 5.41 Å². The number of thioether (sulfide) groups is 1. The van der Waals surface area contributed by atoms with E-state index in [9.17, 15) is 4.79 Å². The van der Waals surface area contributed by atoms with Crippen molar-refractivity contribution in [2.24, 2.45) is 5.41 Å². The smallest absolute Gasteiger partial charge is 0.238 e. The van der Waals surface area contributed by atoms with Gasteiger partial charge < -0.3 is 0 Å². The Morgan fingerprint density at radius 3 is 2.15 bits per heavy atom. The lowest BCUT2D eigenvalue weighted by atomic mass is 9.68. The summed E-state index contributed by atoms with van der Waals surface area (Å²) in [6.45, 7) is 2.10. The third kappa shape index (κ3) is 1.20. The minimum atomic E-state index is -0.255. The number of fused-ring (bicyclic) bond motifs is 1. The van der Waals surface area contributed by atoms with Crippen molar-refractivity contribution >= 4 is 23.4 Å². The van der Waals surface area contributed by atoms with Crippen molar-refractivity contribution in [2.45, 2.75) is 11.8 Å². The van der Waals surface area contributed by atoms with Gasteiger partial charge in [-0.3, -0.25) is 9.69 Å². The number of para-hydroxylation sites is 1. The van der Waals surface area contributed by atoms with Gasteiger partial charge >= 0.3 is 0 Å². The van der Waals surface area contributed by atoms with Gasteiger partial charge in [0.1, 0.15) is 4.87 Å². The molecule has 2 fully saturated rings. The van der Waals surface area contributed by atoms with Crippen molar-refractivity contribution in [1.29, 1.82) is 0 Å². The Hall–Kier alpha value is -1.74. The lowest BCUT2D eigenvalue weighted by Gasteiger charge is -2.70. The van der Waals surface area contributed by atoms with Crippen LogP contribution in [0.5, 0.6) is 0 Å². The van der Waals surface area contributed by atoms with Crippen LogP contribution in [0.4, 0.5) is 5.69 Å². The molecule has 2 aromatic carbocycles. The number of amides is 1. The van der Waals surface area contributed by atoms with Crippen molar-refractivity contribution in [3.63, 3.8) is 0 Å². The summed E-state index contributed by atoms with van der Waals surface area (Å²) >= 11 is 1.87. The quantitative estimate of drug-likeness (QED) is 0.783. The van der Waals surface area contributed by atoms with Crippen molar-refractivity contribution in [2.75, 3.05) is 10.7 Å². The Balaban J connectivity index is 1.86. The van der Waals surface area contributed by atoms with E-state index in [4.69, 9.17) is 0 Å². The number of carbonyl (C=O) groups is 1. The number of anilines is 1. The molecule has 2 unspecified atom stereocenters. The predicted octanol–water partition coefficient (Wildman–Crippen LogP) is 3.64. The van der Waals surface area contributed by atoms with E-state index in [2.05, 4.69) is 31.2 Å². The molecule has 2 saturated heterocycles. The van der Waals surface area contributed by atoms with Gasteiger partial charge in [-0.05, 0) is 24.6 Å². The molecule has 2 heterocycles. The molecule has 4 rings (SSSR count). The normalized spacial score (nSPS) is 31.2. The van der Waals surface area contributed by atoms with Gasteiger partial charge in [0.2, 0.25) is 5.91 Å². The van der Waals surface area contributed by atoms with Crippen molar-refractivity contribution in [3.05, 3.63) is 66.2 Å². The first-order valence-corrected chi connectivity index (χ1v) is 7.78. The second-order valence-corrected chi connectivity index (χ2v) is 6.78. The van der Waals surface area contributed by atoms with E-state index in [1.807, 2.05) is 53.1 Å². The number of nitrogens with zero attached hydrogens (tertiary/aromatic N) is 1. The fourth-order valence-corrected chi connectivity index (χ4v) is 5.03. The maximum Gasteiger partial charge on any atom is 0.238 e. The van der Waals surface area contributed by atoms with Gasteiger partial charge in [0.15, 0.2) is 0 Å². The lowest BCUT2D eigenvalue weighted by Crippen LogP contribution is -2.80. The summed E-state index contributed by atoms with van der Waals surface area (Å²) in [5.41, 5.74) is 1.96. The first-order valence-electron chi connectivity index (χ1n) is 6.79. The largest absolute Gasteiger partial charge is 0.291 e. The lowest BCUT2D eigenvalue weighted by molar-refractivity contribution is -0.140. The molecular weight excluding hydrogens is 266 g/mol. The summed E-state index contributed by atoms with van der Waals surface area (Å²) in [7, 11) is 0. The van der Waals surface area contributed by atoms with Crippen LogP contribution >= 0.6 is 11.8 Å². The average molecular weight is 281 g/mol. The summed E-state index contributed by atoms with van der Waals surface area (Å²) in [6.07, 6.45) is 0. The molecule has 0 bridgehead atoms. The molecule has 3 heteroatoms. The molecule has 20 heavy (non-hydrogen) atoms. The average Bonchev–Trinajstić information content (AvgIpc) is 2.51. The molecule has 0 aromatic heterocycles. The second kappa shape index (κ2) is 3.89. The number of hydrogen-bond donors (Lipinski definition) is 0. The molecule has 0 saturated carbocycles. The highest BCUT2D eigenvalue weighted by atomic mass is 32.2. The minimum Gasteiger partial charge on any atom is -0.291 e. The molecule has 0 N–H and O–H groups in total. The van der Waals surface area contributed by atoms with Gasteiger partial charge in [0.25, 0.3) is 0 Å². The Bertz CT molecular complexity index is 672. The Labute approximate surface area is 122 Å². The van der Waals surface area contributed by atoms with E-state index in [-0.39, 0.29) is 16.2 Å². The highest BCUT2D eigenvalue weighted by molar-refractivity contribution is 8.02. The summed E-state index contributed by atoms with van der Waals surface area (Å²) in [6, 6.07) is 20.4. The molecule has 2 aliphatic heterocycles. The monoisotopic (exact) mass is 281 g/mol. The highest BCUT2D eigenvalue weighted by Crippen LogP contribution is 2.71. The highest BCUT2D eigenvalue weighted by Gasteiger charge is 2.76. The molecule has 2 nitrogen and oxygen atoms in total. The van der Waals surface area contributed by atoms with Crippen LogP contribution in [0.25, 0.3) is 0 Å². The fraction of sp³-hybridized carbons (Fsp3) is 0.235. The molecule has 0 aliphatic carbocycles. The van der Waals surface area contributed by atoms with E-state index < -0.39 is 0 Å².